The number of para-hydroxylation sites is 1. The van der Waals surface area contributed by atoms with E-state index in [0.717, 1.165) is 12.0 Å². The minimum atomic E-state index is 0.0775. The number of aromatic hydroxyl groups is 1. The molecule has 2 rings (SSSR count). The van der Waals surface area contributed by atoms with Gasteiger partial charge in [-0.15, -0.1) is 0 Å². The molecule has 0 saturated heterocycles. The zero-order valence-corrected chi connectivity index (χ0v) is 16.7. The third-order valence-corrected chi connectivity index (χ3v) is 4.05. The van der Waals surface area contributed by atoms with Crippen LogP contribution < -0.4 is 9.47 Å². The minimum Gasteiger partial charge on any atom is -0.507 e. The number of phenolic OH excluding ortho intramolecular Hbond substituents is 1. The molecule has 146 valence electrons. The Morgan fingerprint density at radius 1 is 1.14 bits per heavy atom. The monoisotopic (exact) mass is 377 g/mol. The van der Waals surface area contributed by atoms with Crippen LogP contribution in [0, 0.1) is 0 Å². The van der Waals surface area contributed by atoms with Gasteiger partial charge in [-0.3, -0.25) is 4.99 Å². The second-order valence-electron chi connectivity index (χ2n) is 6.00. The number of rotatable bonds is 9. The van der Waals surface area contributed by atoms with E-state index in [9.17, 15) is 5.11 Å². The first kappa shape index (κ1) is 21.0. The Labute approximate surface area is 167 Å². The molecule has 0 aliphatic carbocycles. The van der Waals surface area contributed by atoms with Gasteiger partial charge in [-0.2, -0.15) is 0 Å². The summed E-state index contributed by atoms with van der Waals surface area (Å²) in [6.45, 7) is 8.12. The normalized spacial score (nSPS) is 12.6. The summed E-state index contributed by atoms with van der Waals surface area (Å²) in [7, 11) is 1.67. The molecule has 0 fully saturated rings. The number of hydrogen-bond acceptors (Lipinski definition) is 4. The van der Waals surface area contributed by atoms with Crippen molar-refractivity contribution in [3.05, 3.63) is 90.2 Å². The fourth-order valence-corrected chi connectivity index (χ4v) is 2.65. The molecule has 2 aromatic rings. The molecule has 28 heavy (non-hydrogen) atoms. The molecular weight excluding hydrogens is 350 g/mol. The Morgan fingerprint density at radius 3 is 2.46 bits per heavy atom. The average molecular weight is 377 g/mol. The zero-order chi connectivity index (χ0) is 20.4. The molecule has 0 aliphatic rings. The summed E-state index contributed by atoms with van der Waals surface area (Å²) < 4.78 is 11.7. The quantitative estimate of drug-likeness (QED) is 0.347. The van der Waals surface area contributed by atoms with Crippen molar-refractivity contribution >= 4 is 5.71 Å². The summed E-state index contributed by atoms with van der Waals surface area (Å²) in [4.78, 5) is 4.33. The maximum atomic E-state index is 10.6. The van der Waals surface area contributed by atoms with E-state index >= 15 is 0 Å². The third-order valence-electron chi connectivity index (χ3n) is 4.05. The fourth-order valence-electron chi connectivity index (χ4n) is 2.65. The first-order valence-electron chi connectivity index (χ1n) is 9.26. The second-order valence-corrected chi connectivity index (χ2v) is 6.00. The number of aliphatic imine (C=N–C) groups is 1. The molecule has 0 amide bonds. The molecule has 4 heteroatoms. The van der Waals surface area contributed by atoms with Crippen LogP contribution in [0.1, 0.15) is 25.8 Å². The molecule has 0 aromatic heterocycles. The van der Waals surface area contributed by atoms with Gasteiger partial charge in [0.15, 0.2) is 0 Å². The smallest absolute Gasteiger partial charge is 0.149 e. The van der Waals surface area contributed by atoms with Gasteiger partial charge in [0.05, 0.1) is 0 Å². The van der Waals surface area contributed by atoms with Crippen LogP contribution >= 0.6 is 0 Å². The molecule has 0 aliphatic heterocycles. The van der Waals surface area contributed by atoms with Crippen LogP contribution in [0.5, 0.6) is 17.2 Å². The topological polar surface area (TPSA) is 51.0 Å². The fraction of sp³-hybridized carbons (Fsp3) is 0.208. The van der Waals surface area contributed by atoms with E-state index in [1.807, 2.05) is 49.4 Å². The van der Waals surface area contributed by atoms with Crippen LogP contribution in [0.15, 0.2) is 89.7 Å². The van der Waals surface area contributed by atoms with Gasteiger partial charge < -0.3 is 14.6 Å². The van der Waals surface area contributed by atoms with Crippen molar-refractivity contribution < 1.29 is 14.6 Å². The average Bonchev–Trinajstić information content (AvgIpc) is 2.72. The highest BCUT2D eigenvalue weighted by Gasteiger charge is 2.16. The van der Waals surface area contributed by atoms with Crippen LogP contribution in [0.2, 0.25) is 0 Å². The van der Waals surface area contributed by atoms with Gasteiger partial charge in [-0.05, 0) is 49.3 Å². The summed E-state index contributed by atoms with van der Waals surface area (Å²) >= 11 is 0. The number of hydrogen-bond donors (Lipinski definition) is 1. The van der Waals surface area contributed by atoms with Crippen LogP contribution in [0.4, 0.5) is 0 Å². The van der Waals surface area contributed by atoms with Crippen LogP contribution in [-0.2, 0) is 0 Å². The molecule has 0 bridgehead atoms. The molecule has 0 heterocycles. The Kier molecular flexibility index (Phi) is 8.10. The van der Waals surface area contributed by atoms with Gasteiger partial charge in [0.25, 0.3) is 0 Å². The standard InChI is InChI=1S/C24H27NO3/c1-5-11-18(6-2)17-27-20-14-15-21(22(26)16-20)24(25-4)23(7-3)28-19-12-9-8-10-13-19/h6-16,26H,2,5,17H2,1,3-4H3/b18-11+,23-7-,25-24-. The predicted molar refractivity (Wildman–Crippen MR) is 115 cm³/mol. The molecular formula is C24H27NO3. The Balaban J connectivity index is 2.20. The largest absolute Gasteiger partial charge is 0.507 e. The molecule has 4 nitrogen and oxygen atoms in total. The minimum absolute atomic E-state index is 0.0775. The molecule has 1 N–H and O–H groups in total. The lowest BCUT2D eigenvalue weighted by atomic mass is 10.1. The van der Waals surface area contributed by atoms with Gasteiger partial charge in [-0.25, -0.2) is 0 Å². The first-order chi connectivity index (χ1) is 13.6. The second kappa shape index (κ2) is 10.8. The van der Waals surface area contributed by atoms with E-state index < -0.39 is 0 Å². The molecule has 0 saturated carbocycles. The van der Waals surface area contributed by atoms with Gasteiger partial charge >= 0.3 is 0 Å². The van der Waals surface area contributed by atoms with Crippen LogP contribution in [0.3, 0.4) is 0 Å². The van der Waals surface area contributed by atoms with Crippen molar-refractivity contribution in [1.82, 2.24) is 0 Å². The third kappa shape index (κ3) is 5.61. The van der Waals surface area contributed by atoms with Crippen LogP contribution in [0.25, 0.3) is 0 Å². The zero-order valence-electron chi connectivity index (χ0n) is 16.7. The maximum Gasteiger partial charge on any atom is 0.149 e. The Hall–Kier alpha value is -3.27. The van der Waals surface area contributed by atoms with Gasteiger partial charge in [-0.1, -0.05) is 43.9 Å². The predicted octanol–water partition coefficient (Wildman–Crippen LogP) is 5.70. The van der Waals surface area contributed by atoms with Crippen molar-refractivity contribution in [2.24, 2.45) is 4.99 Å². The van der Waals surface area contributed by atoms with Crippen molar-refractivity contribution in [1.29, 1.82) is 0 Å². The Bertz CT molecular complexity index is 880. The SMILES string of the molecule is C=C/C(=C\CC)COc1ccc(C(=N/C)/C(=C/C)Oc2ccccc2)c(O)c1. The van der Waals surface area contributed by atoms with E-state index in [-0.39, 0.29) is 5.75 Å². The molecule has 0 radical (unpaired) electrons. The lowest BCUT2D eigenvalue weighted by Crippen LogP contribution is -2.11. The van der Waals surface area contributed by atoms with Gasteiger partial charge in [0.2, 0.25) is 0 Å². The maximum absolute atomic E-state index is 10.6. The number of benzene rings is 2. The van der Waals surface area contributed by atoms with Crippen LogP contribution in [-0.4, -0.2) is 24.5 Å². The number of ether oxygens (including phenoxy) is 2. The number of phenols is 1. The van der Waals surface area contributed by atoms with E-state index in [0.29, 0.717) is 35.1 Å². The summed E-state index contributed by atoms with van der Waals surface area (Å²) in [5.74, 6) is 1.92. The van der Waals surface area contributed by atoms with Crippen molar-refractivity contribution in [3.8, 4) is 17.2 Å². The highest BCUT2D eigenvalue weighted by Crippen LogP contribution is 2.27. The van der Waals surface area contributed by atoms with E-state index in [1.54, 1.807) is 25.3 Å². The highest BCUT2D eigenvalue weighted by atomic mass is 16.5. The first-order valence-corrected chi connectivity index (χ1v) is 9.26. The van der Waals surface area contributed by atoms with Crippen molar-refractivity contribution in [3.63, 3.8) is 0 Å². The summed E-state index contributed by atoms with van der Waals surface area (Å²) in [5.41, 5.74) is 2.15. The van der Waals surface area contributed by atoms with E-state index in [2.05, 4.69) is 24.6 Å². The summed E-state index contributed by atoms with van der Waals surface area (Å²) in [6, 6.07) is 14.6. The van der Waals surface area contributed by atoms with Crippen molar-refractivity contribution in [2.45, 2.75) is 20.3 Å². The lowest BCUT2D eigenvalue weighted by molar-refractivity contribution is 0.352. The number of nitrogens with zero attached hydrogens (tertiary/aromatic N) is 1. The van der Waals surface area contributed by atoms with E-state index in [4.69, 9.17) is 9.47 Å². The molecule has 2 aromatic carbocycles. The van der Waals surface area contributed by atoms with E-state index in [1.165, 1.54) is 0 Å². The number of allylic oxidation sites excluding steroid dienone is 3. The van der Waals surface area contributed by atoms with Gasteiger partial charge in [0.1, 0.15) is 35.3 Å². The molecule has 0 unspecified atom stereocenters. The lowest BCUT2D eigenvalue weighted by Gasteiger charge is -2.15. The van der Waals surface area contributed by atoms with Gasteiger partial charge in [0, 0.05) is 18.7 Å². The van der Waals surface area contributed by atoms with Crippen molar-refractivity contribution in [2.75, 3.05) is 13.7 Å². The summed E-state index contributed by atoms with van der Waals surface area (Å²) in [5, 5.41) is 10.6. The summed E-state index contributed by atoms with van der Waals surface area (Å²) in [6.07, 6.45) is 6.57. The highest BCUT2D eigenvalue weighted by molar-refractivity contribution is 6.13. The molecule has 0 atom stereocenters. The Morgan fingerprint density at radius 2 is 1.89 bits per heavy atom. The molecule has 0 spiro atoms.